The summed E-state index contributed by atoms with van der Waals surface area (Å²) in [6.45, 7) is 3.44. The minimum Gasteiger partial charge on any atom is -0.448 e. The number of nitro groups is 1. The molecule has 1 atom stereocenters. The molecule has 1 unspecified atom stereocenters. The lowest BCUT2D eigenvalue weighted by atomic mass is 10.1. The minimum atomic E-state index is -1.08. The average molecular weight is 495 g/mol. The van der Waals surface area contributed by atoms with Gasteiger partial charge in [-0.05, 0) is 13.8 Å². The average Bonchev–Trinajstić information content (AvgIpc) is 3.50. The molecule has 0 spiro atoms. The van der Waals surface area contributed by atoms with Gasteiger partial charge in [-0.25, -0.2) is 14.8 Å². The van der Waals surface area contributed by atoms with Crippen LogP contribution in [0.25, 0.3) is 21.8 Å². The third-order valence-electron chi connectivity index (χ3n) is 4.75. The Morgan fingerprint density at radius 1 is 1.06 bits per heavy atom. The van der Waals surface area contributed by atoms with Crippen molar-refractivity contribution >= 4 is 45.4 Å². The van der Waals surface area contributed by atoms with Gasteiger partial charge in [0.25, 0.3) is 11.6 Å². The molecule has 2 aromatic heterocycles. The summed E-state index contributed by atoms with van der Waals surface area (Å²) in [4.78, 5) is 44.1. The van der Waals surface area contributed by atoms with Crippen LogP contribution < -0.4 is 5.32 Å². The van der Waals surface area contributed by atoms with Gasteiger partial charge in [0.15, 0.2) is 16.9 Å². The highest BCUT2D eigenvalue weighted by Crippen LogP contribution is 2.28. The summed E-state index contributed by atoms with van der Waals surface area (Å²) in [5.41, 5.74) is 3.13. The zero-order valence-corrected chi connectivity index (χ0v) is 19.7. The second-order valence-corrected chi connectivity index (χ2v) is 9.00. The van der Waals surface area contributed by atoms with E-state index in [1.807, 2.05) is 31.2 Å². The van der Waals surface area contributed by atoms with Crippen LogP contribution in [-0.2, 0) is 9.53 Å². The highest BCUT2D eigenvalue weighted by atomic mass is 32.1. The van der Waals surface area contributed by atoms with Crippen LogP contribution in [0, 0.1) is 17.0 Å². The molecule has 2 heterocycles. The third kappa shape index (κ3) is 5.33. The van der Waals surface area contributed by atoms with Crippen LogP contribution in [0.15, 0.2) is 59.3 Å². The number of ether oxygens (including phenoxy) is 1. The van der Waals surface area contributed by atoms with Gasteiger partial charge in [-0.2, -0.15) is 0 Å². The lowest BCUT2D eigenvalue weighted by Gasteiger charge is -2.11. The Labute approximate surface area is 202 Å². The number of aryl methyl sites for hydroxylation is 1. The van der Waals surface area contributed by atoms with Crippen molar-refractivity contribution in [2.75, 3.05) is 5.32 Å². The first-order chi connectivity index (χ1) is 16.3. The number of aromatic nitrogens is 2. The van der Waals surface area contributed by atoms with Crippen LogP contribution in [0.2, 0.25) is 0 Å². The van der Waals surface area contributed by atoms with Crippen LogP contribution >= 0.6 is 22.7 Å². The molecule has 2 aromatic carbocycles. The number of rotatable bonds is 7. The highest BCUT2D eigenvalue weighted by molar-refractivity contribution is 7.14. The summed E-state index contributed by atoms with van der Waals surface area (Å²) in [6, 6.07) is 13.8. The van der Waals surface area contributed by atoms with E-state index in [9.17, 15) is 19.7 Å². The van der Waals surface area contributed by atoms with Gasteiger partial charge in [-0.3, -0.25) is 20.2 Å². The number of nitro benzene ring substituents is 1. The lowest BCUT2D eigenvalue weighted by Crippen LogP contribution is -2.30. The highest BCUT2D eigenvalue weighted by Gasteiger charge is 2.22. The second kappa shape index (κ2) is 9.89. The van der Waals surface area contributed by atoms with Crippen molar-refractivity contribution in [3.8, 4) is 21.8 Å². The molecule has 0 aliphatic carbocycles. The van der Waals surface area contributed by atoms with Crippen molar-refractivity contribution in [1.82, 2.24) is 9.97 Å². The first kappa shape index (κ1) is 23.2. The smallest absolute Gasteiger partial charge is 0.358 e. The largest absolute Gasteiger partial charge is 0.448 e. The number of benzene rings is 2. The van der Waals surface area contributed by atoms with Gasteiger partial charge >= 0.3 is 5.97 Å². The Kier molecular flexibility index (Phi) is 6.75. The van der Waals surface area contributed by atoms with E-state index >= 15 is 0 Å². The van der Waals surface area contributed by atoms with Crippen LogP contribution in [0.3, 0.4) is 0 Å². The molecule has 34 heavy (non-hydrogen) atoms. The summed E-state index contributed by atoms with van der Waals surface area (Å²) in [5.74, 6) is -1.25. The summed E-state index contributed by atoms with van der Waals surface area (Å²) in [5, 5.41) is 17.8. The van der Waals surface area contributed by atoms with E-state index in [2.05, 4.69) is 15.3 Å². The minimum absolute atomic E-state index is 0.0517. The Morgan fingerprint density at radius 3 is 2.56 bits per heavy atom. The van der Waals surface area contributed by atoms with Gasteiger partial charge < -0.3 is 4.74 Å². The van der Waals surface area contributed by atoms with Crippen molar-refractivity contribution in [2.24, 2.45) is 0 Å². The molecular weight excluding hydrogens is 476 g/mol. The topological polar surface area (TPSA) is 124 Å². The predicted molar refractivity (Wildman–Crippen MR) is 130 cm³/mol. The van der Waals surface area contributed by atoms with Gasteiger partial charge in [0.1, 0.15) is 5.01 Å². The predicted octanol–water partition coefficient (Wildman–Crippen LogP) is 5.33. The van der Waals surface area contributed by atoms with E-state index < -0.39 is 22.9 Å². The quantitative estimate of drug-likeness (QED) is 0.209. The van der Waals surface area contributed by atoms with E-state index in [-0.39, 0.29) is 16.5 Å². The third-order valence-corrected chi connectivity index (χ3v) is 6.40. The van der Waals surface area contributed by atoms with E-state index in [4.69, 9.17) is 4.74 Å². The number of nitrogens with one attached hydrogen (secondary N) is 1. The van der Waals surface area contributed by atoms with Crippen molar-refractivity contribution in [2.45, 2.75) is 20.0 Å². The molecule has 11 heteroatoms. The van der Waals surface area contributed by atoms with Crippen molar-refractivity contribution < 1.29 is 19.2 Å². The maximum atomic E-state index is 12.5. The fraction of sp³-hybridized carbons (Fsp3) is 0.130. The number of nitrogens with zero attached hydrogens (tertiary/aromatic N) is 3. The number of hydrogen-bond donors (Lipinski definition) is 1. The van der Waals surface area contributed by atoms with Crippen LogP contribution in [0.5, 0.6) is 0 Å². The van der Waals surface area contributed by atoms with E-state index in [1.165, 1.54) is 30.4 Å². The molecule has 0 aliphatic rings. The zero-order valence-electron chi connectivity index (χ0n) is 18.1. The van der Waals surface area contributed by atoms with Crippen molar-refractivity contribution in [3.63, 3.8) is 0 Å². The van der Waals surface area contributed by atoms with E-state index in [0.29, 0.717) is 16.3 Å². The van der Waals surface area contributed by atoms with Gasteiger partial charge in [0.2, 0.25) is 0 Å². The number of carbonyl (C=O) groups is 2. The number of non-ortho nitro benzene ring substituents is 1. The molecule has 0 aliphatic heterocycles. The summed E-state index contributed by atoms with van der Waals surface area (Å²) >= 11 is 2.47. The second-order valence-electron chi connectivity index (χ2n) is 7.29. The van der Waals surface area contributed by atoms with Gasteiger partial charge in [-0.1, -0.05) is 42.0 Å². The maximum absolute atomic E-state index is 12.5. The van der Waals surface area contributed by atoms with Crippen molar-refractivity contribution in [1.29, 1.82) is 0 Å². The first-order valence-corrected chi connectivity index (χ1v) is 11.8. The van der Waals surface area contributed by atoms with Crippen molar-refractivity contribution in [3.05, 3.63) is 80.7 Å². The molecule has 172 valence electrons. The molecule has 0 radical (unpaired) electrons. The molecular formula is C23H18N4O5S2. The number of hydrogen-bond acceptors (Lipinski definition) is 9. The van der Waals surface area contributed by atoms with Crippen LogP contribution in [-0.4, -0.2) is 32.9 Å². The fourth-order valence-electron chi connectivity index (χ4n) is 2.92. The molecule has 9 nitrogen and oxygen atoms in total. The fourth-order valence-corrected chi connectivity index (χ4v) is 4.44. The van der Waals surface area contributed by atoms with Gasteiger partial charge in [0, 0.05) is 34.0 Å². The molecule has 0 saturated carbocycles. The SMILES string of the molecule is Cc1ccc(-c2nc(C(=O)OC(C)C(=O)Nc3nc(-c4cccc([N+](=O)[O-])c4)cs3)cs2)cc1. The van der Waals surface area contributed by atoms with Gasteiger partial charge in [0.05, 0.1) is 10.6 Å². The molecule has 1 N–H and O–H groups in total. The normalized spacial score (nSPS) is 11.6. The number of carbonyl (C=O) groups excluding carboxylic acids is 2. The van der Waals surface area contributed by atoms with Crippen LogP contribution in [0.4, 0.5) is 10.8 Å². The number of esters is 1. The molecule has 4 rings (SSSR count). The van der Waals surface area contributed by atoms with E-state index in [0.717, 1.165) is 22.5 Å². The number of anilines is 1. The van der Waals surface area contributed by atoms with Crippen LogP contribution in [0.1, 0.15) is 23.0 Å². The molecule has 0 bridgehead atoms. The molecule has 0 fully saturated rings. The Balaban J connectivity index is 1.37. The summed E-state index contributed by atoms with van der Waals surface area (Å²) < 4.78 is 5.27. The number of thiazole rings is 2. The standard InChI is InChI=1S/C23H18N4O5S2/c1-13-6-8-15(9-7-13)21-24-19(12-33-21)22(29)32-14(2)20(28)26-23-25-18(11-34-23)16-4-3-5-17(10-16)27(30)31/h3-12,14H,1-2H3,(H,25,26,28). The Bertz CT molecular complexity index is 1360. The Hall–Kier alpha value is -3.96. The lowest BCUT2D eigenvalue weighted by molar-refractivity contribution is -0.384. The maximum Gasteiger partial charge on any atom is 0.358 e. The Morgan fingerprint density at radius 2 is 1.82 bits per heavy atom. The molecule has 4 aromatic rings. The summed E-state index contributed by atoms with van der Waals surface area (Å²) in [7, 11) is 0. The van der Waals surface area contributed by atoms with E-state index in [1.54, 1.807) is 22.9 Å². The number of amides is 1. The summed E-state index contributed by atoms with van der Waals surface area (Å²) in [6.07, 6.45) is -1.08. The molecule has 0 saturated heterocycles. The zero-order chi connectivity index (χ0) is 24.2. The monoisotopic (exact) mass is 494 g/mol. The van der Waals surface area contributed by atoms with Gasteiger partial charge in [-0.15, -0.1) is 22.7 Å². The first-order valence-electron chi connectivity index (χ1n) is 10.0. The molecule has 1 amide bonds.